The van der Waals surface area contributed by atoms with Crippen LogP contribution >= 0.6 is 11.6 Å². The molecule has 1 fully saturated rings. The molecule has 0 aromatic carbocycles. The molecule has 0 atom stereocenters. The maximum atomic E-state index is 9.14. The highest BCUT2D eigenvalue weighted by atomic mass is 35.5. The minimum absolute atomic E-state index is 0.772. The van der Waals surface area contributed by atoms with Crippen molar-refractivity contribution in [3.63, 3.8) is 0 Å². The maximum absolute atomic E-state index is 9.14. The number of alkyl halides is 1. The van der Waals surface area contributed by atoms with Crippen LogP contribution in [-0.2, 0) is 0 Å². The Kier molecular flexibility index (Phi) is 1.78. The lowest BCUT2D eigenvalue weighted by Crippen LogP contribution is -2.23. The van der Waals surface area contributed by atoms with Crippen LogP contribution in [0.2, 0.25) is 0 Å². The number of halogens is 1. The van der Waals surface area contributed by atoms with E-state index in [2.05, 4.69) is 0 Å². The molecule has 0 heterocycles. The summed E-state index contributed by atoms with van der Waals surface area (Å²) >= 11 is 5.63. The lowest BCUT2D eigenvalue weighted by Gasteiger charge is -2.24. The third-order valence-corrected chi connectivity index (χ3v) is 2.00. The van der Waals surface area contributed by atoms with Crippen LogP contribution in [0.1, 0.15) is 32.1 Å². The van der Waals surface area contributed by atoms with Crippen LogP contribution in [0, 0.1) is 0 Å². The smallest absolute Gasteiger partial charge is 0.138 e. The normalized spacial score (nSPS) is 27.8. The average molecular weight is 135 g/mol. The maximum Gasteiger partial charge on any atom is 0.138 e. The molecule has 0 aromatic rings. The van der Waals surface area contributed by atoms with Crippen LogP contribution in [-0.4, -0.2) is 10.2 Å². The number of aliphatic hydroxyl groups is 1. The predicted octanol–water partition coefficient (Wildman–Crippen LogP) is 1.88. The monoisotopic (exact) mass is 134 g/mol. The van der Waals surface area contributed by atoms with Gasteiger partial charge in [0.05, 0.1) is 0 Å². The van der Waals surface area contributed by atoms with E-state index in [9.17, 15) is 0 Å². The van der Waals surface area contributed by atoms with Gasteiger partial charge < -0.3 is 5.11 Å². The molecule has 0 saturated heterocycles. The van der Waals surface area contributed by atoms with E-state index in [1.807, 2.05) is 0 Å². The highest BCUT2D eigenvalue weighted by Crippen LogP contribution is 2.30. The Labute approximate surface area is 54.7 Å². The molecule has 1 saturated carbocycles. The molecular formula is C6H11ClO. The molecule has 1 rings (SSSR count). The molecule has 48 valence electrons. The van der Waals surface area contributed by atoms with Gasteiger partial charge in [-0.3, -0.25) is 0 Å². The molecule has 0 radical (unpaired) electrons. The van der Waals surface area contributed by atoms with Gasteiger partial charge in [0, 0.05) is 0 Å². The number of hydrogen-bond acceptors (Lipinski definition) is 1. The number of hydrogen-bond donors (Lipinski definition) is 1. The average Bonchev–Trinajstić information content (AvgIpc) is 1.65. The minimum atomic E-state index is -0.849. The predicted molar refractivity (Wildman–Crippen MR) is 33.9 cm³/mol. The molecule has 0 spiro atoms. The summed E-state index contributed by atoms with van der Waals surface area (Å²) in [4.78, 5) is 0. The van der Waals surface area contributed by atoms with Crippen LogP contribution in [0.5, 0.6) is 0 Å². The van der Waals surface area contributed by atoms with Crippen LogP contribution in [0.15, 0.2) is 0 Å². The van der Waals surface area contributed by atoms with Gasteiger partial charge in [0.15, 0.2) is 0 Å². The van der Waals surface area contributed by atoms with Crippen molar-refractivity contribution in [2.24, 2.45) is 0 Å². The minimum Gasteiger partial charge on any atom is -0.375 e. The van der Waals surface area contributed by atoms with E-state index in [1.54, 1.807) is 0 Å². The Bertz CT molecular complexity index is 72.6. The van der Waals surface area contributed by atoms with Crippen molar-refractivity contribution >= 4 is 11.6 Å². The first kappa shape index (κ1) is 6.37. The molecule has 8 heavy (non-hydrogen) atoms. The van der Waals surface area contributed by atoms with Crippen molar-refractivity contribution in [3.05, 3.63) is 0 Å². The molecule has 1 nitrogen and oxygen atoms in total. The zero-order valence-electron chi connectivity index (χ0n) is 4.86. The Morgan fingerprint density at radius 2 is 1.62 bits per heavy atom. The van der Waals surface area contributed by atoms with E-state index in [0.717, 1.165) is 25.7 Å². The highest BCUT2D eigenvalue weighted by Gasteiger charge is 2.25. The van der Waals surface area contributed by atoms with E-state index in [1.165, 1.54) is 6.42 Å². The molecule has 0 aromatic heterocycles. The van der Waals surface area contributed by atoms with E-state index in [4.69, 9.17) is 16.7 Å². The molecule has 0 unspecified atom stereocenters. The Balaban J connectivity index is 2.33. The fraction of sp³-hybridized carbons (Fsp3) is 1.00. The third-order valence-electron chi connectivity index (χ3n) is 1.62. The summed E-state index contributed by atoms with van der Waals surface area (Å²) in [6.45, 7) is 0. The van der Waals surface area contributed by atoms with Crippen molar-refractivity contribution in [3.8, 4) is 0 Å². The van der Waals surface area contributed by atoms with Gasteiger partial charge in [-0.15, -0.1) is 0 Å². The highest BCUT2D eigenvalue weighted by molar-refractivity contribution is 6.22. The quantitative estimate of drug-likeness (QED) is 0.502. The standard InChI is InChI=1S/C6H11ClO/c7-6(8)4-2-1-3-5-6/h8H,1-5H2. The Morgan fingerprint density at radius 1 is 1.12 bits per heavy atom. The Morgan fingerprint density at radius 3 is 1.88 bits per heavy atom. The van der Waals surface area contributed by atoms with E-state index in [-0.39, 0.29) is 0 Å². The largest absolute Gasteiger partial charge is 0.375 e. The zero-order chi connectivity index (χ0) is 6.04. The van der Waals surface area contributed by atoms with Crippen LogP contribution in [0.3, 0.4) is 0 Å². The first-order chi connectivity index (χ1) is 3.71. The fourth-order valence-corrected chi connectivity index (χ4v) is 1.36. The molecule has 0 amide bonds. The first-order valence-electron chi connectivity index (χ1n) is 3.12. The van der Waals surface area contributed by atoms with E-state index < -0.39 is 5.06 Å². The molecule has 0 bridgehead atoms. The van der Waals surface area contributed by atoms with Crippen molar-refractivity contribution in [2.75, 3.05) is 0 Å². The summed E-state index contributed by atoms with van der Waals surface area (Å²) in [5.74, 6) is 0. The SMILES string of the molecule is OC1(Cl)CCCCC1. The van der Waals surface area contributed by atoms with E-state index >= 15 is 0 Å². The van der Waals surface area contributed by atoms with Gasteiger partial charge in [0.2, 0.25) is 0 Å². The van der Waals surface area contributed by atoms with E-state index in [0.29, 0.717) is 0 Å². The summed E-state index contributed by atoms with van der Waals surface area (Å²) < 4.78 is 0. The Hall–Kier alpha value is 0.250. The van der Waals surface area contributed by atoms with Crippen molar-refractivity contribution in [1.82, 2.24) is 0 Å². The molecule has 1 N–H and O–H groups in total. The molecule has 1 aliphatic rings. The van der Waals surface area contributed by atoms with Gasteiger partial charge in [0.1, 0.15) is 5.06 Å². The molecular weight excluding hydrogens is 124 g/mol. The topological polar surface area (TPSA) is 20.2 Å². The number of rotatable bonds is 0. The summed E-state index contributed by atoms with van der Waals surface area (Å²) in [5, 5.41) is 8.29. The lowest BCUT2D eigenvalue weighted by molar-refractivity contribution is 0.0865. The molecule has 1 aliphatic carbocycles. The lowest BCUT2D eigenvalue weighted by atomic mass is 9.97. The van der Waals surface area contributed by atoms with Crippen molar-refractivity contribution < 1.29 is 5.11 Å². The zero-order valence-corrected chi connectivity index (χ0v) is 5.62. The van der Waals surface area contributed by atoms with Crippen LogP contribution < -0.4 is 0 Å². The summed E-state index contributed by atoms with van der Waals surface area (Å²) in [6, 6.07) is 0. The second-order valence-electron chi connectivity index (χ2n) is 2.48. The van der Waals surface area contributed by atoms with Gasteiger partial charge in [0.25, 0.3) is 0 Å². The van der Waals surface area contributed by atoms with Crippen molar-refractivity contribution in [2.45, 2.75) is 37.2 Å². The third kappa shape index (κ3) is 1.64. The van der Waals surface area contributed by atoms with Crippen LogP contribution in [0.4, 0.5) is 0 Å². The second-order valence-corrected chi connectivity index (χ2v) is 3.18. The van der Waals surface area contributed by atoms with Gasteiger partial charge >= 0.3 is 0 Å². The fourth-order valence-electron chi connectivity index (χ4n) is 1.09. The van der Waals surface area contributed by atoms with Gasteiger partial charge in [-0.25, -0.2) is 0 Å². The van der Waals surface area contributed by atoms with Crippen molar-refractivity contribution in [1.29, 1.82) is 0 Å². The summed E-state index contributed by atoms with van der Waals surface area (Å²) in [5.41, 5.74) is 0. The molecule has 2 heteroatoms. The first-order valence-corrected chi connectivity index (χ1v) is 3.50. The summed E-state index contributed by atoms with van der Waals surface area (Å²) in [7, 11) is 0. The van der Waals surface area contributed by atoms with Gasteiger partial charge in [-0.1, -0.05) is 18.0 Å². The molecule has 0 aliphatic heterocycles. The van der Waals surface area contributed by atoms with Gasteiger partial charge in [-0.05, 0) is 25.7 Å². The second kappa shape index (κ2) is 2.24. The summed E-state index contributed by atoms with van der Waals surface area (Å²) in [6.07, 6.45) is 4.94. The van der Waals surface area contributed by atoms with Gasteiger partial charge in [-0.2, -0.15) is 0 Å². The van der Waals surface area contributed by atoms with Crippen LogP contribution in [0.25, 0.3) is 0 Å².